The minimum Gasteiger partial charge on any atom is -0.479 e. The molecule has 0 aliphatic carbocycles. The number of carbonyl (C=O) groups excluding carboxylic acids is 1. The molecule has 0 saturated carbocycles. The minimum absolute atomic E-state index is 0.363. The summed E-state index contributed by atoms with van der Waals surface area (Å²) in [6.07, 6.45) is 1.62. The fourth-order valence-corrected chi connectivity index (χ4v) is 1.44. The Bertz CT molecular complexity index is 330. The number of benzene rings is 1. The highest BCUT2D eigenvalue weighted by molar-refractivity contribution is 5.74. The van der Waals surface area contributed by atoms with Crippen LogP contribution in [-0.4, -0.2) is 19.2 Å². The molecule has 0 aromatic heterocycles. The van der Waals surface area contributed by atoms with Crippen molar-refractivity contribution in [3.8, 4) is 5.75 Å². The fraction of sp³-hybridized carbons (Fsp3) is 0.462. The molecule has 0 fully saturated rings. The van der Waals surface area contributed by atoms with Gasteiger partial charge in [-0.05, 0) is 31.0 Å². The number of methoxy groups -OCH3 is 1. The summed E-state index contributed by atoms with van der Waals surface area (Å²) >= 11 is 0. The number of ether oxygens (including phenoxy) is 2. The molecule has 0 aliphatic heterocycles. The van der Waals surface area contributed by atoms with Crippen LogP contribution in [0.5, 0.6) is 5.75 Å². The van der Waals surface area contributed by atoms with Crippen LogP contribution in [0.4, 0.5) is 0 Å². The summed E-state index contributed by atoms with van der Waals surface area (Å²) in [5.74, 6) is 0.329. The Morgan fingerprint density at radius 3 is 2.44 bits per heavy atom. The molecule has 0 bridgehead atoms. The Hall–Kier alpha value is -1.51. The van der Waals surface area contributed by atoms with Gasteiger partial charge in [0.1, 0.15) is 5.75 Å². The summed E-state index contributed by atoms with van der Waals surface area (Å²) < 4.78 is 10.0. The van der Waals surface area contributed by atoms with Gasteiger partial charge in [0, 0.05) is 0 Å². The summed E-state index contributed by atoms with van der Waals surface area (Å²) in [6, 6.07) is 7.79. The molecular formula is C13H18O3. The van der Waals surface area contributed by atoms with Crippen LogP contribution in [0.1, 0.15) is 25.8 Å². The second kappa shape index (κ2) is 6.16. The third-order valence-corrected chi connectivity index (χ3v) is 2.31. The normalized spacial score (nSPS) is 11.9. The number of hydrogen-bond donors (Lipinski definition) is 0. The molecule has 3 nitrogen and oxygen atoms in total. The molecule has 0 saturated heterocycles. The topological polar surface area (TPSA) is 35.5 Å². The van der Waals surface area contributed by atoms with Crippen LogP contribution in [-0.2, 0) is 16.0 Å². The van der Waals surface area contributed by atoms with Crippen molar-refractivity contribution in [2.24, 2.45) is 0 Å². The van der Waals surface area contributed by atoms with Crippen LogP contribution in [0, 0.1) is 0 Å². The number of aryl methyl sites for hydroxylation is 1. The second-order valence-corrected chi connectivity index (χ2v) is 3.68. The van der Waals surface area contributed by atoms with E-state index in [9.17, 15) is 4.79 Å². The van der Waals surface area contributed by atoms with Crippen molar-refractivity contribution >= 4 is 5.97 Å². The monoisotopic (exact) mass is 222 g/mol. The van der Waals surface area contributed by atoms with Gasteiger partial charge in [-0.1, -0.05) is 25.5 Å². The third-order valence-electron chi connectivity index (χ3n) is 2.31. The Morgan fingerprint density at radius 2 is 1.94 bits per heavy atom. The lowest BCUT2D eigenvalue weighted by atomic mass is 10.1. The van der Waals surface area contributed by atoms with Crippen molar-refractivity contribution in [1.29, 1.82) is 0 Å². The van der Waals surface area contributed by atoms with Gasteiger partial charge in [0.2, 0.25) is 0 Å². The fourth-order valence-electron chi connectivity index (χ4n) is 1.44. The molecule has 1 aromatic carbocycles. The van der Waals surface area contributed by atoms with Crippen LogP contribution in [0.25, 0.3) is 0 Å². The minimum atomic E-state index is -0.568. The molecule has 1 aromatic rings. The Labute approximate surface area is 96.4 Å². The van der Waals surface area contributed by atoms with Crippen molar-refractivity contribution in [2.45, 2.75) is 32.8 Å². The van der Waals surface area contributed by atoms with E-state index in [0.717, 1.165) is 12.8 Å². The first kappa shape index (κ1) is 12.6. The van der Waals surface area contributed by atoms with Crippen LogP contribution >= 0.6 is 0 Å². The van der Waals surface area contributed by atoms with E-state index in [2.05, 4.69) is 11.7 Å². The SMILES string of the molecule is CCCc1ccc(O[C@@H](C)C(=O)OC)cc1. The van der Waals surface area contributed by atoms with Gasteiger partial charge < -0.3 is 9.47 Å². The molecule has 0 amide bonds. The smallest absolute Gasteiger partial charge is 0.346 e. The van der Waals surface area contributed by atoms with Gasteiger partial charge in [0.15, 0.2) is 6.10 Å². The third kappa shape index (κ3) is 3.57. The molecular weight excluding hydrogens is 204 g/mol. The van der Waals surface area contributed by atoms with Gasteiger partial charge in [0.05, 0.1) is 7.11 Å². The van der Waals surface area contributed by atoms with E-state index in [1.165, 1.54) is 12.7 Å². The average Bonchev–Trinajstić information content (AvgIpc) is 2.31. The van der Waals surface area contributed by atoms with E-state index in [4.69, 9.17) is 4.74 Å². The predicted molar refractivity (Wildman–Crippen MR) is 62.5 cm³/mol. The van der Waals surface area contributed by atoms with E-state index in [-0.39, 0.29) is 5.97 Å². The van der Waals surface area contributed by atoms with Crippen LogP contribution in [0.2, 0.25) is 0 Å². The molecule has 0 radical (unpaired) electrons. The molecule has 16 heavy (non-hydrogen) atoms. The molecule has 0 heterocycles. The molecule has 0 spiro atoms. The first-order chi connectivity index (χ1) is 7.67. The zero-order chi connectivity index (χ0) is 12.0. The zero-order valence-corrected chi connectivity index (χ0v) is 10.0. The first-order valence-electron chi connectivity index (χ1n) is 5.50. The van der Waals surface area contributed by atoms with E-state index < -0.39 is 6.10 Å². The largest absolute Gasteiger partial charge is 0.479 e. The highest BCUT2D eigenvalue weighted by Gasteiger charge is 2.14. The van der Waals surface area contributed by atoms with E-state index in [0.29, 0.717) is 5.75 Å². The molecule has 3 heteroatoms. The summed E-state index contributed by atoms with van der Waals surface area (Å²) in [6.45, 7) is 3.82. The van der Waals surface area contributed by atoms with Gasteiger partial charge in [-0.3, -0.25) is 0 Å². The maximum atomic E-state index is 11.1. The van der Waals surface area contributed by atoms with Gasteiger partial charge in [-0.25, -0.2) is 4.79 Å². The van der Waals surface area contributed by atoms with Crippen molar-refractivity contribution in [1.82, 2.24) is 0 Å². The van der Waals surface area contributed by atoms with Crippen LogP contribution in [0.15, 0.2) is 24.3 Å². The molecule has 88 valence electrons. The van der Waals surface area contributed by atoms with Gasteiger partial charge in [-0.2, -0.15) is 0 Å². The highest BCUT2D eigenvalue weighted by Crippen LogP contribution is 2.15. The lowest BCUT2D eigenvalue weighted by Gasteiger charge is -2.12. The zero-order valence-electron chi connectivity index (χ0n) is 10.0. The van der Waals surface area contributed by atoms with E-state index >= 15 is 0 Å². The van der Waals surface area contributed by atoms with Crippen molar-refractivity contribution in [2.75, 3.05) is 7.11 Å². The predicted octanol–water partition coefficient (Wildman–Crippen LogP) is 2.58. The summed E-state index contributed by atoms with van der Waals surface area (Å²) in [7, 11) is 1.35. The maximum absolute atomic E-state index is 11.1. The first-order valence-corrected chi connectivity index (χ1v) is 5.50. The number of rotatable bonds is 5. The Morgan fingerprint density at radius 1 is 1.31 bits per heavy atom. The van der Waals surface area contributed by atoms with Crippen molar-refractivity contribution in [3.63, 3.8) is 0 Å². The van der Waals surface area contributed by atoms with Crippen molar-refractivity contribution < 1.29 is 14.3 Å². The highest BCUT2D eigenvalue weighted by atomic mass is 16.6. The van der Waals surface area contributed by atoms with Gasteiger partial charge in [0.25, 0.3) is 0 Å². The van der Waals surface area contributed by atoms with Crippen LogP contribution < -0.4 is 4.74 Å². The Kier molecular flexibility index (Phi) is 4.83. The summed E-state index contributed by atoms with van der Waals surface area (Å²) in [4.78, 5) is 11.1. The standard InChI is InChI=1S/C13H18O3/c1-4-5-11-6-8-12(9-7-11)16-10(2)13(14)15-3/h6-10H,4-5H2,1-3H3/t10-/m0/s1. The lowest BCUT2D eigenvalue weighted by Crippen LogP contribution is -2.24. The number of carbonyl (C=O) groups is 1. The van der Waals surface area contributed by atoms with Gasteiger partial charge >= 0.3 is 5.97 Å². The molecule has 1 rings (SSSR count). The lowest BCUT2D eigenvalue weighted by molar-refractivity contribution is -0.147. The van der Waals surface area contributed by atoms with E-state index in [1.807, 2.05) is 24.3 Å². The summed E-state index contributed by atoms with van der Waals surface area (Å²) in [5.41, 5.74) is 1.28. The average molecular weight is 222 g/mol. The maximum Gasteiger partial charge on any atom is 0.346 e. The molecule has 0 N–H and O–H groups in total. The van der Waals surface area contributed by atoms with E-state index in [1.54, 1.807) is 6.92 Å². The second-order valence-electron chi connectivity index (χ2n) is 3.68. The molecule has 0 aliphatic rings. The van der Waals surface area contributed by atoms with Gasteiger partial charge in [-0.15, -0.1) is 0 Å². The molecule has 1 atom stereocenters. The van der Waals surface area contributed by atoms with Crippen LogP contribution in [0.3, 0.4) is 0 Å². The number of esters is 1. The number of hydrogen-bond acceptors (Lipinski definition) is 3. The quantitative estimate of drug-likeness (QED) is 0.718. The Balaban J connectivity index is 2.58. The molecule has 0 unspecified atom stereocenters. The van der Waals surface area contributed by atoms with Crippen molar-refractivity contribution in [3.05, 3.63) is 29.8 Å². The summed E-state index contributed by atoms with van der Waals surface area (Å²) in [5, 5.41) is 0.